The number of nitrogens with zero attached hydrogens (tertiary/aromatic N) is 5. The number of benzene rings is 2. The van der Waals surface area contributed by atoms with E-state index in [2.05, 4.69) is 49.6 Å². The van der Waals surface area contributed by atoms with E-state index in [0.29, 0.717) is 19.6 Å². The van der Waals surface area contributed by atoms with Crippen molar-refractivity contribution in [3.8, 4) is 0 Å². The van der Waals surface area contributed by atoms with Crippen molar-refractivity contribution in [2.75, 3.05) is 14.1 Å². The number of hydrogen-bond donors (Lipinski definition) is 1. The normalized spacial score (nSPS) is 11.4. The summed E-state index contributed by atoms with van der Waals surface area (Å²) in [7, 11) is 3.78. The molecule has 0 bridgehead atoms. The molecule has 0 fully saturated rings. The lowest BCUT2D eigenvalue weighted by Crippen LogP contribution is -2.38. The van der Waals surface area contributed by atoms with E-state index in [1.54, 1.807) is 19.7 Å². The lowest BCUT2D eigenvalue weighted by Gasteiger charge is -2.22. The lowest BCUT2D eigenvalue weighted by molar-refractivity contribution is 0.476. The molecular formula is C20H23ClN6. The van der Waals surface area contributed by atoms with Crippen molar-refractivity contribution in [2.24, 2.45) is 4.99 Å². The maximum atomic E-state index is 6.27. The van der Waals surface area contributed by atoms with Gasteiger partial charge < -0.3 is 10.2 Å². The van der Waals surface area contributed by atoms with Crippen LogP contribution in [-0.4, -0.2) is 39.7 Å². The van der Waals surface area contributed by atoms with Crippen LogP contribution in [-0.2, 0) is 19.6 Å². The monoisotopic (exact) mass is 382 g/mol. The van der Waals surface area contributed by atoms with Gasteiger partial charge >= 0.3 is 0 Å². The van der Waals surface area contributed by atoms with Crippen LogP contribution in [0.2, 0.25) is 5.02 Å². The Morgan fingerprint density at radius 3 is 2.74 bits per heavy atom. The molecule has 0 radical (unpaired) electrons. The highest BCUT2D eigenvalue weighted by Gasteiger charge is 2.09. The highest BCUT2D eigenvalue weighted by atomic mass is 35.5. The molecule has 0 saturated carbocycles. The predicted molar refractivity (Wildman–Crippen MR) is 109 cm³/mol. The Kier molecular flexibility index (Phi) is 6.44. The fourth-order valence-electron chi connectivity index (χ4n) is 2.86. The van der Waals surface area contributed by atoms with Gasteiger partial charge in [0.1, 0.15) is 12.7 Å². The van der Waals surface area contributed by atoms with Gasteiger partial charge in [0.2, 0.25) is 0 Å². The van der Waals surface area contributed by atoms with Crippen LogP contribution in [0.4, 0.5) is 0 Å². The molecule has 1 aromatic heterocycles. The van der Waals surface area contributed by atoms with Gasteiger partial charge in [0.15, 0.2) is 5.96 Å². The molecule has 0 aliphatic carbocycles. The maximum absolute atomic E-state index is 6.27. The predicted octanol–water partition coefficient (Wildman–Crippen LogP) is 3.19. The molecule has 3 aromatic rings. The van der Waals surface area contributed by atoms with Crippen molar-refractivity contribution in [2.45, 2.75) is 19.6 Å². The average molecular weight is 383 g/mol. The molecule has 0 aliphatic heterocycles. The van der Waals surface area contributed by atoms with Crippen molar-refractivity contribution < 1.29 is 0 Å². The van der Waals surface area contributed by atoms with Gasteiger partial charge in [-0.2, -0.15) is 5.10 Å². The molecule has 2 aromatic carbocycles. The minimum Gasteiger partial charge on any atom is -0.352 e. The van der Waals surface area contributed by atoms with Gasteiger partial charge in [-0.15, -0.1) is 0 Å². The zero-order valence-electron chi connectivity index (χ0n) is 15.5. The largest absolute Gasteiger partial charge is 0.352 e. The lowest BCUT2D eigenvalue weighted by atomic mass is 10.1. The molecule has 0 atom stereocenters. The molecule has 1 heterocycles. The summed E-state index contributed by atoms with van der Waals surface area (Å²) in [4.78, 5) is 10.4. The number of aromatic nitrogens is 3. The van der Waals surface area contributed by atoms with E-state index in [1.165, 1.54) is 11.1 Å². The Balaban J connectivity index is 1.60. The van der Waals surface area contributed by atoms with Crippen LogP contribution in [0.5, 0.6) is 0 Å². The third-order valence-corrected chi connectivity index (χ3v) is 4.56. The second-order valence-electron chi connectivity index (χ2n) is 6.26. The van der Waals surface area contributed by atoms with E-state index in [4.69, 9.17) is 11.6 Å². The number of nitrogens with one attached hydrogen (secondary N) is 1. The van der Waals surface area contributed by atoms with E-state index in [0.717, 1.165) is 16.5 Å². The Labute approximate surface area is 164 Å². The number of rotatable bonds is 6. The zero-order valence-corrected chi connectivity index (χ0v) is 16.3. The standard InChI is InChI=1S/C20H23ClN6/c1-22-20(26(2)13-18-8-3-4-9-19(18)21)24-11-16-6-5-7-17(10-16)12-27-15-23-14-25-27/h3-10,14-15H,11-13H2,1-2H3,(H,22,24). The second-order valence-corrected chi connectivity index (χ2v) is 6.67. The minimum atomic E-state index is 0.685. The topological polar surface area (TPSA) is 58.3 Å². The summed E-state index contributed by atoms with van der Waals surface area (Å²) in [6, 6.07) is 16.3. The van der Waals surface area contributed by atoms with Crippen LogP contribution in [0, 0.1) is 0 Å². The Morgan fingerprint density at radius 1 is 1.19 bits per heavy atom. The first kappa shape index (κ1) is 18.9. The molecule has 27 heavy (non-hydrogen) atoms. The first-order valence-corrected chi connectivity index (χ1v) is 9.09. The molecule has 1 N–H and O–H groups in total. The van der Waals surface area contributed by atoms with E-state index >= 15 is 0 Å². The summed E-state index contributed by atoms with van der Waals surface area (Å²) in [5.41, 5.74) is 3.43. The van der Waals surface area contributed by atoms with E-state index in [-0.39, 0.29) is 0 Å². The van der Waals surface area contributed by atoms with Gasteiger partial charge in [-0.25, -0.2) is 9.67 Å². The third kappa shape index (κ3) is 5.31. The average Bonchev–Trinajstić information content (AvgIpc) is 3.17. The van der Waals surface area contributed by atoms with E-state index < -0.39 is 0 Å². The molecule has 0 amide bonds. The number of aliphatic imine (C=N–C) groups is 1. The fourth-order valence-corrected chi connectivity index (χ4v) is 3.06. The van der Waals surface area contributed by atoms with Gasteiger partial charge in [0.05, 0.1) is 6.54 Å². The molecule has 0 saturated heterocycles. The Bertz CT molecular complexity index is 891. The van der Waals surface area contributed by atoms with E-state index in [9.17, 15) is 0 Å². The highest BCUT2D eigenvalue weighted by molar-refractivity contribution is 6.31. The molecule has 7 heteroatoms. The first-order valence-electron chi connectivity index (χ1n) is 8.71. The van der Waals surface area contributed by atoms with Crippen molar-refractivity contribution >= 4 is 17.6 Å². The second kappa shape index (κ2) is 9.19. The molecule has 3 rings (SSSR count). The van der Waals surface area contributed by atoms with E-state index in [1.807, 2.05) is 36.0 Å². The number of hydrogen-bond acceptors (Lipinski definition) is 3. The molecule has 0 aliphatic rings. The zero-order chi connectivity index (χ0) is 19.1. The summed E-state index contributed by atoms with van der Waals surface area (Å²) >= 11 is 6.27. The van der Waals surface area contributed by atoms with Crippen LogP contribution in [0.1, 0.15) is 16.7 Å². The van der Waals surface area contributed by atoms with Crippen LogP contribution in [0.15, 0.2) is 66.2 Å². The van der Waals surface area contributed by atoms with Crippen LogP contribution in [0.25, 0.3) is 0 Å². The molecule has 0 unspecified atom stereocenters. The van der Waals surface area contributed by atoms with Gasteiger partial charge in [-0.1, -0.05) is 54.1 Å². The minimum absolute atomic E-state index is 0.685. The number of halogens is 1. The number of guanidine groups is 1. The Hall–Kier alpha value is -2.86. The molecular weight excluding hydrogens is 360 g/mol. The van der Waals surface area contributed by atoms with Crippen molar-refractivity contribution in [1.29, 1.82) is 0 Å². The molecule has 0 spiro atoms. The van der Waals surface area contributed by atoms with Crippen molar-refractivity contribution in [1.82, 2.24) is 25.0 Å². The summed E-state index contributed by atoms with van der Waals surface area (Å²) in [5, 5.41) is 8.33. The first-order chi connectivity index (χ1) is 13.2. The van der Waals surface area contributed by atoms with Crippen molar-refractivity contribution in [3.05, 3.63) is 82.9 Å². The van der Waals surface area contributed by atoms with Gasteiger partial charge in [0.25, 0.3) is 0 Å². The summed E-state index contributed by atoms with van der Waals surface area (Å²) in [5.74, 6) is 0.816. The van der Waals surface area contributed by atoms with Gasteiger partial charge in [0, 0.05) is 32.2 Å². The van der Waals surface area contributed by atoms with Crippen LogP contribution < -0.4 is 5.32 Å². The molecule has 140 valence electrons. The molecule has 6 nitrogen and oxygen atoms in total. The fraction of sp³-hybridized carbons (Fsp3) is 0.250. The van der Waals surface area contributed by atoms with Crippen LogP contribution >= 0.6 is 11.6 Å². The summed E-state index contributed by atoms with van der Waals surface area (Å²) < 4.78 is 1.81. The third-order valence-electron chi connectivity index (χ3n) is 4.19. The maximum Gasteiger partial charge on any atom is 0.193 e. The summed E-state index contributed by atoms with van der Waals surface area (Å²) in [6.45, 7) is 2.07. The quantitative estimate of drug-likeness (QED) is 0.525. The van der Waals surface area contributed by atoms with Gasteiger partial charge in [-0.05, 0) is 22.8 Å². The van der Waals surface area contributed by atoms with Gasteiger partial charge in [-0.3, -0.25) is 4.99 Å². The van der Waals surface area contributed by atoms with Crippen LogP contribution in [0.3, 0.4) is 0 Å². The van der Waals surface area contributed by atoms with Crippen molar-refractivity contribution in [3.63, 3.8) is 0 Å². The SMILES string of the molecule is CN=C(NCc1cccc(Cn2cncn2)c1)N(C)Cc1ccccc1Cl. The highest BCUT2D eigenvalue weighted by Crippen LogP contribution is 2.16. The Morgan fingerprint density at radius 2 is 2.00 bits per heavy atom. The summed E-state index contributed by atoms with van der Waals surface area (Å²) in [6.07, 6.45) is 3.26. The smallest absolute Gasteiger partial charge is 0.193 e.